The predicted octanol–water partition coefficient (Wildman–Crippen LogP) is 3.40. The zero-order valence-electron chi connectivity index (χ0n) is 10.8. The molecule has 5 nitrogen and oxygen atoms in total. The van der Waals surface area contributed by atoms with Crippen molar-refractivity contribution in [1.29, 1.82) is 0 Å². The van der Waals surface area contributed by atoms with Gasteiger partial charge in [-0.05, 0) is 35.0 Å². The number of ether oxygens (including phenoxy) is 2. The molecule has 1 aromatic carbocycles. The molecule has 2 rings (SSSR count). The number of esters is 1. The first-order valence-electron chi connectivity index (χ1n) is 5.97. The molecule has 0 unspecified atom stereocenters. The topological polar surface area (TPSA) is 74.4 Å². The van der Waals surface area contributed by atoms with E-state index in [1.165, 1.54) is 12.3 Å². The Morgan fingerprint density at radius 3 is 2.85 bits per heavy atom. The molecule has 6 heteroatoms. The summed E-state index contributed by atoms with van der Waals surface area (Å²) in [5.41, 5.74) is 6.21. The zero-order valence-corrected chi connectivity index (χ0v) is 12.4. The number of hydrogen-bond donors (Lipinski definition) is 1. The Morgan fingerprint density at radius 2 is 2.15 bits per heavy atom. The van der Waals surface area contributed by atoms with Crippen molar-refractivity contribution in [3.63, 3.8) is 0 Å². The molecule has 0 bridgehead atoms. The van der Waals surface area contributed by atoms with Crippen molar-refractivity contribution in [3.8, 4) is 11.6 Å². The Hall–Kier alpha value is -2.08. The number of nitrogen functional groups attached to an aromatic ring is 1. The minimum Gasteiger partial charge on any atom is -0.462 e. The third-order valence-electron chi connectivity index (χ3n) is 2.46. The van der Waals surface area contributed by atoms with Gasteiger partial charge in [0.2, 0.25) is 5.88 Å². The van der Waals surface area contributed by atoms with E-state index in [0.717, 1.165) is 4.47 Å². The maximum absolute atomic E-state index is 11.7. The monoisotopic (exact) mass is 336 g/mol. The molecule has 1 aromatic heterocycles. The number of rotatable bonds is 4. The van der Waals surface area contributed by atoms with Crippen LogP contribution in [0.3, 0.4) is 0 Å². The number of para-hydroxylation sites is 1. The SMILES string of the molecule is CCOC(=O)c1cc(Oc2ccccc2Br)ncc1N. The van der Waals surface area contributed by atoms with Gasteiger partial charge in [0, 0.05) is 6.07 Å². The van der Waals surface area contributed by atoms with Crippen LogP contribution in [0.2, 0.25) is 0 Å². The largest absolute Gasteiger partial charge is 0.462 e. The van der Waals surface area contributed by atoms with Gasteiger partial charge >= 0.3 is 5.97 Å². The van der Waals surface area contributed by atoms with Gasteiger partial charge < -0.3 is 15.2 Å². The summed E-state index contributed by atoms with van der Waals surface area (Å²) in [6.07, 6.45) is 1.37. The molecule has 0 amide bonds. The number of halogens is 1. The summed E-state index contributed by atoms with van der Waals surface area (Å²) in [4.78, 5) is 15.8. The number of aromatic nitrogens is 1. The van der Waals surface area contributed by atoms with E-state index in [1.807, 2.05) is 18.2 Å². The van der Waals surface area contributed by atoms with Crippen LogP contribution in [0.5, 0.6) is 11.6 Å². The van der Waals surface area contributed by atoms with Gasteiger partial charge in [-0.15, -0.1) is 0 Å². The summed E-state index contributed by atoms with van der Waals surface area (Å²) in [5, 5.41) is 0. The van der Waals surface area contributed by atoms with E-state index >= 15 is 0 Å². The van der Waals surface area contributed by atoms with Gasteiger partial charge in [-0.25, -0.2) is 9.78 Å². The lowest BCUT2D eigenvalue weighted by Crippen LogP contribution is -2.08. The number of pyridine rings is 1. The van der Waals surface area contributed by atoms with Crippen LogP contribution in [-0.4, -0.2) is 17.6 Å². The molecule has 0 fully saturated rings. The highest BCUT2D eigenvalue weighted by Crippen LogP contribution is 2.29. The predicted molar refractivity (Wildman–Crippen MR) is 78.8 cm³/mol. The third-order valence-corrected chi connectivity index (χ3v) is 3.11. The number of nitrogens with zero attached hydrogens (tertiary/aromatic N) is 1. The summed E-state index contributed by atoms with van der Waals surface area (Å²) >= 11 is 3.37. The normalized spacial score (nSPS) is 10.1. The fourth-order valence-corrected chi connectivity index (χ4v) is 1.89. The number of nitrogens with two attached hydrogens (primary N) is 1. The van der Waals surface area contributed by atoms with Crippen LogP contribution in [0.25, 0.3) is 0 Å². The van der Waals surface area contributed by atoms with E-state index in [2.05, 4.69) is 20.9 Å². The Kier molecular flexibility index (Phi) is 4.57. The average molecular weight is 337 g/mol. The Bertz CT molecular complexity index is 632. The molecule has 0 aliphatic rings. The highest BCUT2D eigenvalue weighted by Gasteiger charge is 2.14. The second-order valence-corrected chi connectivity index (χ2v) is 4.72. The lowest BCUT2D eigenvalue weighted by Gasteiger charge is -2.09. The second kappa shape index (κ2) is 6.38. The first-order valence-corrected chi connectivity index (χ1v) is 6.76. The fraction of sp³-hybridized carbons (Fsp3) is 0.143. The molecule has 0 aliphatic carbocycles. The van der Waals surface area contributed by atoms with Crippen molar-refractivity contribution in [2.75, 3.05) is 12.3 Å². The minimum absolute atomic E-state index is 0.240. The highest BCUT2D eigenvalue weighted by molar-refractivity contribution is 9.10. The summed E-state index contributed by atoms with van der Waals surface area (Å²) < 4.78 is 11.3. The van der Waals surface area contributed by atoms with Crippen LogP contribution in [-0.2, 0) is 4.74 Å². The lowest BCUT2D eigenvalue weighted by molar-refractivity contribution is 0.0527. The molecule has 1 heterocycles. The van der Waals surface area contributed by atoms with E-state index in [-0.39, 0.29) is 23.7 Å². The van der Waals surface area contributed by atoms with E-state index < -0.39 is 5.97 Å². The number of anilines is 1. The molecule has 0 aliphatic heterocycles. The van der Waals surface area contributed by atoms with Crippen molar-refractivity contribution in [3.05, 3.63) is 46.6 Å². The van der Waals surface area contributed by atoms with Crippen molar-refractivity contribution in [1.82, 2.24) is 4.98 Å². The van der Waals surface area contributed by atoms with Crippen LogP contribution in [0, 0.1) is 0 Å². The number of carbonyl (C=O) groups is 1. The van der Waals surface area contributed by atoms with Crippen LogP contribution in [0.15, 0.2) is 41.0 Å². The number of hydrogen-bond acceptors (Lipinski definition) is 5. The fourth-order valence-electron chi connectivity index (χ4n) is 1.53. The Balaban J connectivity index is 2.28. The summed E-state index contributed by atoms with van der Waals surface area (Å²) in [6.45, 7) is 2.01. The standard InChI is InChI=1S/C14H13BrN2O3/c1-2-19-14(18)9-7-13(17-8-11(9)16)20-12-6-4-3-5-10(12)15/h3-8H,2,16H2,1H3. The van der Waals surface area contributed by atoms with E-state index in [4.69, 9.17) is 15.2 Å². The molecule has 20 heavy (non-hydrogen) atoms. The minimum atomic E-state index is -0.496. The van der Waals surface area contributed by atoms with Crippen molar-refractivity contribution < 1.29 is 14.3 Å². The van der Waals surface area contributed by atoms with E-state index in [9.17, 15) is 4.79 Å². The highest BCUT2D eigenvalue weighted by atomic mass is 79.9. The van der Waals surface area contributed by atoms with Gasteiger partial charge in [0.15, 0.2) is 0 Å². The maximum atomic E-state index is 11.7. The molecular weight excluding hydrogens is 324 g/mol. The molecule has 0 atom stereocenters. The van der Waals surface area contributed by atoms with Gasteiger partial charge in [0.1, 0.15) is 5.75 Å². The summed E-state index contributed by atoms with van der Waals surface area (Å²) in [7, 11) is 0. The molecule has 104 valence electrons. The van der Waals surface area contributed by atoms with E-state index in [1.54, 1.807) is 13.0 Å². The Labute approximate surface area is 124 Å². The van der Waals surface area contributed by atoms with Crippen molar-refractivity contribution >= 4 is 27.6 Å². The second-order valence-electron chi connectivity index (χ2n) is 3.86. The van der Waals surface area contributed by atoms with Crippen molar-refractivity contribution in [2.45, 2.75) is 6.92 Å². The molecule has 0 spiro atoms. The van der Waals surface area contributed by atoms with Gasteiger partial charge in [-0.1, -0.05) is 12.1 Å². The zero-order chi connectivity index (χ0) is 14.5. The van der Waals surface area contributed by atoms with Gasteiger partial charge in [-0.2, -0.15) is 0 Å². The molecule has 2 N–H and O–H groups in total. The van der Waals surface area contributed by atoms with Gasteiger partial charge in [0.25, 0.3) is 0 Å². The molecule has 0 saturated heterocycles. The van der Waals surface area contributed by atoms with Gasteiger partial charge in [-0.3, -0.25) is 0 Å². The molecule has 0 radical (unpaired) electrons. The quantitative estimate of drug-likeness (QED) is 0.866. The van der Waals surface area contributed by atoms with Crippen LogP contribution in [0.4, 0.5) is 5.69 Å². The number of carbonyl (C=O) groups excluding carboxylic acids is 1. The van der Waals surface area contributed by atoms with Crippen LogP contribution >= 0.6 is 15.9 Å². The van der Waals surface area contributed by atoms with Crippen molar-refractivity contribution in [2.24, 2.45) is 0 Å². The van der Waals surface area contributed by atoms with Gasteiger partial charge in [0.05, 0.1) is 28.5 Å². The first-order chi connectivity index (χ1) is 9.61. The Morgan fingerprint density at radius 1 is 1.40 bits per heavy atom. The average Bonchev–Trinajstić information content (AvgIpc) is 2.43. The van der Waals surface area contributed by atoms with Crippen LogP contribution < -0.4 is 10.5 Å². The summed E-state index contributed by atoms with van der Waals surface area (Å²) in [6, 6.07) is 8.80. The third kappa shape index (κ3) is 3.27. The smallest absolute Gasteiger partial charge is 0.340 e. The maximum Gasteiger partial charge on any atom is 0.340 e. The molecule has 0 saturated carbocycles. The first kappa shape index (κ1) is 14.3. The summed E-state index contributed by atoms with van der Waals surface area (Å²) in [5.74, 6) is 0.373. The lowest BCUT2D eigenvalue weighted by atomic mass is 10.2. The molecule has 2 aromatic rings. The number of benzene rings is 1. The van der Waals surface area contributed by atoms with E-state index in [0.29, 0.717) is 5.75 Å². The van der Waals surface area contributed by atoms with Crippen LogP contribution in [0.1, 0.15) is 17.3 Å². The molecular formula is C14H13BrN2O3.